The van der Waals surface area contributed by atoms with Crippen molar-refractivity contribution in [2.75, 3.05) is 0 Å². The van der Waals surface area contributed by atoms with Crippen LogP contribution < -0.4 is 0 Å². The second-order valence-corrected chi connectivity index (χ2v) is 4.14. The summed E-state index contributed by atoms with van der Waals surface area (Å²) in [5.74, 6) is 0. The van der Waals surface area contributed by atoms with Gasteiger partial charge in [0.1, 0.15) is 0 Å². The van der Waals surface area contributed by atoms with Crippen LogP contribution >= 0.6 is 12.9 Å². The van der Waals surface area contributed by atoms with E-state index in [0.717, 1.165) is 0 Å². The van der Waals surface area contributed by atoms with Crippen molar-refractivity contribution < 1.29 is 0 Å². The lowest BCUT2D eigenvalue weighted by molar-refractivity contribution is 0.960. The minimum atomic E-state index is 0.0256. The first-order valence-corrected chi connectivity index (χ1v) is 7.34. The predicted octanol–water partition coefficient (Wildman–Crippen LogP) is 2.31. The van der Waals surface area contributed by atoms with Crippen LogP contribution in [0.25, 0.3) is 0 Å². The largest absolute Gasteiger partial charge is 0.498 e. The molecule has 7 heavy (non-hydrogen) atoms. The molecule has 0 nitrogen and oxygen atoms in total. The molecule has 0 aliphatic rings. The van der Waals surface area contributed by atoms with E-state index in [1.165, 1.54) is 12.8 Å². The summed E-state index contributed by atoms with van der Waals surface area (Å²) in [4.78, 5) is 0. The number of halogens is 1. The van der Waals surface area contributed by atoms with Crippen LogP contribution in [0.15, 0.2) is 10.3 Å². The first-order valence-electron chi connectivity index (χ1n) is 2.62. The van der Waals surface area contributed by atoms with E-state index < -0.39 is 0 Å². The summed E-state index contributed by atoms with van der Waals surface area (Å²) >= 11 is 3.46. The van der Waals surface area contributed by atoms with E-state index in [9.17, 15) is 0 Å². The van der Waals surface area contributed by atoms with Crippen LogP contribution in [0, 0.1) is 0 Å². The van der Waals surface area contributed by atoms with Crippen molar-refractivity contribution in [2.24, 2.45) is 0 Å². The molecule has 0 aliphatic carbocycles. The van der Waals surface area contributed by atoms with Crippen molar-refractivity contribution in [2.45, 2.75) is 19.8 Å². The van der Waals surface area contributed by atoms with Gasteiger partial charge in [0.2, 0.25) is 0 Å². The highest BCUT2D eigenvalue weighted by atomic mass is 79.9. The lowest BCUT2D eigenvalue weighted by atomic mass is 10.3. The fourth-order valence-electron chi connectivity index (χ4n) is 0.348. The van der Waals surface area contributed by atoms with Crippen molar-refractivity contribution in [1.82, 2.24) is 0 Å². The fraction of sp³-hybridized carbons (Fsp3) is 0.600. The van der Waals surface area contributed by atoms with Crippen LogP contribution in [0.1, 0.15) is 19.8 Å². The maximum atomic E-state index is 3.43. The monoisotopic (exact) mass is 172 g/mol. The molecule has 38 valence electrons. The molecule has 0 spiro atoms. The van der Waals surface area contributed by atoms with Crippen molar-refractivity contribution >= 4 is 31.1 Å². The molecule has 0 atom stereocenters. The number of allylic oxidation sites excluding steroid dienone is 1. The Morgan fingerprint density at radius 2 is 2.43 bits per heavy atom. The van der Waals surface area contributed by atoms with Crippen LogP contribution in [0.4, 0.5) is 0 Å². The highest BCUT2D eigenvalue weighted by Gasteiger charge is 1.74. The first kappa shape index (κ1) is 7.99. The third-order valence-electron chi connectivity index (χ3n) is 0.711. The lowest BCUT2D eigenvalue weighted by Crippen LogP contribution is -1.64. The van der Waals surface area contributed by atoms with Crippen LogP contribution in [0.3, 0.4) is 0 Å². The molecule has 2 heteroatoms. The topological polar surface area (TPSA) is 0 Å². The van der Waals surface area contributed by atoms with E-state index in [0.29, 0.717) is 0 Å². The van der Waals surface area contributed by atoms with E-state index in [4.69, 9.17) is 0 Å². The van der Waals surface area contributed by atoms with Gasteiger partial charge in [0.15, 0.2) is 0 Å². The molecule has 0 aromatic carbocycles. The maximum absolute atomic E-state index is 3.43. The number of rotatable bonds is 3. The van der Waals surface area contributed by atoms with Crippen LogP contribution in [-0.4, -0.2) is 18.2 Å². The Morgan fingerprint density at radius 1 is 1.71 bits per heavy atom. The van der Waals surface area contributed by atoms with E-state index in [2.05, 4.69) is 30.1 Å². The van der Waals surface area contributed by atoms with Crippen molar-refractivity contribution in [3.63, 3.8) is 0 Å². The Labute approximate surface area is 61.0 Å². The normalized spacial score (nSPS) is 9.43. The van der Waals surface area contributed by atoms with Gasteiger partial charge in [0, 0.05) is 0 Å². The van der Waals surface area contributed by atoms with Gasteiger partial charge >= 0.3 is 18.2 Å². The average molecular weight is 173 g/mol. The minimum Gasteiger partial charge on any atom is -0.297 e. The third-order valence-corrected chi connectivity index (χ3v) is 2.34. The molecule has 0 bridgehead atoms. The van der Waals surface area contributed by atoms with E-state index >= 15 is 0 Å². The highest BCUT2D eigenvalue weighted by molar-refractivity contribution is 9.23. The zero-order chi connectivity index (χ0) is 5.54. The second-order valence-electron chi connectivity index (χ2n) is 1.41. The molecule has 0 rings (SSSR count). The molecule has 0 amide bonds. The molecule has 0 saturated heterocycles. The lowest BCUT2D eigenvalue weighted by Gasteiger charge is -1.78. The Morgan fingerprint density at radius 3 is 2.86 bits per heavy atom. The van der Waals surface area contributed by atoms with E-state index in [1.807, 2.05) is 0 Å². The van der Waals surface area contributed by atoms with Crippen LogP contribution in [-0.2, 0) is 0 Å². The molecule has 0 heterocycles. The Balaban J connectivity index is 2.78. The summed E-state index contributed by atoms with van der Waals surface area (Å²) in [7, 11) is 0. The molecule has 0 saturated carbocycles. The molecule has 0 aliphatic heterocycles. The molecule has 0 fully saturated rings. The summed E-state index contributed by atoms with van der Waals surface area (Å²) in [6.07, 6.45) is 4.78. The van der Waals surface area contributed by atoms with Gasteiger partial charge < -0.3 is 0 Å². The first-order chi connectivity index (χ1) is 3.41. The van der Waals surface area contributed by atoms with Crippen LogP contribution in [0.5, 0.6) is 0 Å². The molecular formula is C5H9BrMg. The van der Waals surface area contributed by atoms with Gasteiger partial charge in [-0.25, -0.2) is 0 Å². The highest BCUT2D eigenvalue weighted by Crippen LogP contribution is 1.87. The van der Waals surface area contributed by atoms with Gasteiger partial charge in [-0.05, 0) is 6.42 Å². The van der Waals surface area contributed by atoms with Gasteiger partial charge in [-0.2, -0.15) is 4.21 Å². The van der Waals surface area contributed by atoms with Gasteiger partial charge in [-0.1, -0.05) is 13.3 Å². The number of hydrogen-bond donors (Lipinski definition) is 0. The Bertz CT molecular complexity index is 52.0. The van der Waals surface area contributed by atoms with Crippen LogP contribution in [0.2, 0.25) is 0 Å². The third kappa shape index (κ3) is 6.99. The van der Waals surface area contributed by atoms with E-state index in [-0.39, 0.29) is 18.2 Å². The zero-order valence-electron chi connectivity index (χ0n) is 4.65. The number of hydrogen-bond acceptors (Lipinski definition) is 0. The van der Waals surface area contributed by atoms with Gasteiger partial charge in [0.05, 0.1) is 0 Å². The second kappa shape index (κ2) is 6.99. The molecule has 0 N–H and O–H groups in total. The molecule has 0 aromatic rings. The summed E-state index contributed by atoms with van der Waals surface area (Å²) in [6, 6.07) is 0. The van der Waals surface area contributed by atoms with Crippen molar-refractivity contribution in [1.29, 1.82) is 0 Å². The summed E-state index contributed by atoms with van der Waals surface area (Å²) in [5.41, 5.74) is 0. The fourth-order valence-corrected chi connectivity index (χ4v) is 1.50. The zero-order valence-corrected chi connectivity index (χ0v) is 7.65. The molecular weight excluding hydrogens is 164 g/mol. The maximum Gasteiger partial charge on any atom is 0.498 e. The Hall–Kier alpha value is 0.986. The average Bonchev–Trinajstić information content (AvgIpc) is 1.69. The van der Waals surface area contributed by atoms with Gasteiger partial charge in [-0.15, -0.1) is 6.08 Å². The van der Waals surface area contributed by atoms with E-state index in [1.54, 1.807) is 0 Å². The standard InChI is InChI=1S/C5H9.BrH.Mg/c1-3-5-4-2;;/h1,3H,4-5H2,2H3;1H;/q;;+1/p-1. The quantitative estimate of drug-likeness (QED) is 0.575. The number of unbranched alkanes of at least 4 members (excludes halogenated alkanes) is 1. The molecule has 0 radical (unpaired) electrons. The predicted molar refractivity (Wildman–Crippen MR) is 38.7 cm³/mol. The minimum absolute atomic E-state index is 0.0256. The van der Waals surface area contributed by atoms with Crippen molar-refractivity contribution in [3.8, 4) is 0 Å². The summed E-state index contributed by atoms with van der Waals surface area (Å²) in [5, 5.41) is 0. The summed E-state index contributed by atoms with van der Waals surface area (Å²) < 4.78 is 2.27. The molecule has 0 aromatic heterocycles. The van der Waals surface area contributed by atoms with Gasteiger partial charge in [-0.3, -0.25) is 12.9 Å². The Kier molecular flexibility index (Phi) is 7.97. The van der Waals surface area contributed by atoms with Crippen molar-refractivity contribution in [3.05, 3.63) is 10.3 Å². The smallest absolute Gasteiger partial charge is 0.297 e. The summed E-state index contributed by atoms with van der Waals surface area (Å²) in [6.45, 7) is 2.19. The molecule has 0 unspecified atom stereocenters. The van der Waals surface area contributed by atoms with Gasteiger partial charge in [0.25, 0.3) is 0 Å². The SMILES string of the molecule is CCCC=[CH][Mg][Br].